The first-order valence-corrected chi connectivity index (χ1v) is 10.6. The summed E-state index contributed by atoms with van der Waals surface area (Å²) in [6.45, 7) is 7.23. The minimum Gasteiger partial charge on any atom is -0.508 e. The predicted molar refractivity (Wildman–Crippen MR) is 112 cm³/mol. The fraction of sp³-hybridized carbons (Fsp3) is 0.478. The SMILES string of the molecule is O=C(C1CCN(Cc2ccncc2)CC1)N1CCN(Cc2ccc(O)cc2)CC1. The van der Waals surface area contributed by atoms with Crippen LogP contribution in [0, 0.1) is 5.92 Å². The molecule has 1 aromatic carbocycles. The van der Waals surface area contributed by atoms with Crippen LogP contribution in [0.25, 0.3) is 0 Å². The number of carbonyl (C=O) groups is 1. The van der Waals surface area contributed by atoms with Gasteiger partial charge in [0, 0.05) is 57.6 Å². The van der Waals surface area contributed by atoms with E-state index in [-0.39, 0.29) is 5.92 Å². The number of benzene rings is 1. The van der Waals surface area contributed by atoms with Crippen LogP contribution in [-0.2, 0) is 17.9 Å². The van der Waals surface area contributed by atoms with E-state index in [0.29, 0.717) is 11.7 Å². The maximum Gasteiger partial charge on any atom is 0.225 e. The molecule has 4 rings (SSSR count). The van der Waals surface area contributed by atoms with E-state index in [4.69, 9.17) is 0 Å². The molecule has 2 fully saturated rings. The first kappa shape index (κ1) is 19.9. The number of pyridine rings is 1. The van der Waals surface area contributed by atoms with Crippen molar-refractivity contribution in [3.8, 4) is 5.75 Å². The van der Waals surface area contributed by atoms with Crippen molar-refractivity contribution in [2.45, 2.75) is 25.9 Å². The standard InChI is InChI=1S/C23H30N4O2/c28-22-3-1-19(2-4-22)17-26-13-15-27(16-14-26)23(29)21-7-11-25(12-8-21)18-20-5-9-24-10-6-20/h1-6,9-10,21,28H,7-8,11-18H2. The van der Waals surface area contributed by atoms with E-state index in [0.717, 1.165) is 65.2 Å². The Balaban J connectivity index is 1.20. The van der Waals surface area contributed by atoms with Gasteiger partial charge in [0.1, 0.15) is 5.75 Å². The molecule has 0 saturated carbocycles. The average molecular weight is 395 g/mol. The van der Waals surface area contributed by atoms with Crippen LogP contribution >= 0.6 is 0 Å². The van der Waals surface area contributed by atoms with Crippen molar-refractivity contribution in [2.75, 3.05) is 39.3 Å². The highest BCUT2D eigenvalue weighted by Gasteiger charge is 2.30. The molecular formula is C23H30N4O2. The van der Waals surface area contributed by atoms with Crippen LogP contribution in [0.1, 0.15) is 24.0 Å². The molecule has 0 aliphatic carbocycles. The van der Waals surface area contributed by atoms with Gasteiger partial charge >= 0.3 is 0 Å². The highest BCUT2D eigenvalue weighted by atomic mass is 16.3. The largest absolute Gasteiger partial charge is 0.508 e. The molecule has 2 aliphatic rings. The van der Waals surface area contributed by atoms with Crippen molar-refractivity contribution in [1.82, 2.24) is 19.7 Å². The molecule has 6 heteroatoms. The van der Waals surface area contributed by atoms with E-state index in [1.165, 1.54) is 11.1 Å². The fourth-order valence-electron chi connectivity index (χ4n) is 4.33. The van der Waals surface area contributed by atoms with Crippen molar-refractivity contribution in [2.24, 2.45) is 5.92 Å². The molecule has 29 heavy (non-hydrogen) atoms. The number of piperazine rings is 1. The highest BCUT2D eigenvalue weighted by molar-refractivity contribution is 5.79. The third-order valence-corrected chi connectivity index (χ3v) is 6.12. The van der Waals surface area contributed by atoms with E-state index in [1.54, 1.807) is 12.1 Å². The molecule has 0 bridgehead atoms. The number of aromatic nitrogens is 1. The summed E-state index contributed by atoms with van der Waals surface area (Å²) in [4.78, 5) is 23.9. The minimum absolute atomic E-state index is 0.173. The molecule has 0 radical (unpaired) electrons. The van der Waals surface area contributed by atoms with Crippen LogP contribution < -0.4 is 0 Å². The summed E-state index contributed by atoms with van der Waals surface area (Å²) in [6, 6.07) is 11.5. The lowest BCUT2D eigenvalue weighted by Crippen LogP contribution is -2.51. The maximum atomic E-state index is 13.0. The molecule has 0 spiro atoms. The molecular weight excluding hydrogens is 364 g/mol. The van der Waals surface area contributed by atoms with Crippen molar-refractivity contribution in [3.63, 3.8) is 0 Å². The van der Waals surface area contributed by atoms with E-state index >= 15 is 0 Å². The summed E-state index contributed by atoms with van der Waals surface area (Å²) in [7, 11) is 0. The molecule has 3 heterocycles. The molecule has 2 aromatic rings. The second-order valence-electron chi connectivity index (χ2n) is 8.17. The number of carbonyl (C=O) groups excluding carboxylic acids is 1. The summed E-state index contributed by atoms with van der Waals surface area (Å²) in [5.41, 5.74) is 2.48. The number of amides is 1. The Morgan fingerprint density at radius 3 is 2.00 bits per heavy atom. The summed E-state index contributed by atoms with van der Waals surface area (Å²) in [5.74, 6) is 0.821. The van der Waals surface area contributed by atoms with Gasteiger partial charge in [-0.2, -0.15) is 0 Å². The first-order valence-electron chi connectivity index (χ1n) is 10.6. The summed E-state index contributed by atoms with van der Waals surface area (Å²) < 4.78 is 0. The number of nitrogens with zero attached hydrogens (tertiary/aromatic N) is 4. The highest BCUT2D eigenvalue weighted by Crippen LogP contribution is 2.22. The number of piperidine rings is 1. The lowest BCUT2D eigenvalue weighted by atomic mass is 9.94. The second kappa shape index (κ2) is 9.37. The van der Waals surface area contributed by atoms with Crippen molar-refractivity contribution in [1.29, 1.82) is 0 Å². The number of phenols is 1. The molecule has 2 saturated heterocycles. The lowest BCUT2D eigenvalue weighted by Gasteiger charge is -2.38. The molecule has 2 aliphatic heterocycles. The summed E-state index contributed by atoms with van der Waals surface area (Å²) >= 11 is 0. The molecule has 1 aromatic heterocycles. The van der Waals surface area contributed by atoms with Crippen LogP contribution in [-0.4, -0.2) is 70.0 Å². The van der Waals surface area contributed by atoms with Crippen LogP contribution in [0.4, 0.5) is 0 Å². The average Bonchev–Trinajstić information content (AvgIpc) is 2.77. The second-order valence-corrected chi connectivity index (χ2v) is 8.17. The van der Waals surface area contributed by atoms with Gasteiger partial charge in [-0.1, -0.05) is 12.1 Å². The Labute approximate surface area is 172 Å². The lowest BCUT2D eigenvalue weighted by molar-refractivity contribution is -0.139. The molecule has 154 valence electrons. The number of hydrogen-bond donors (Lipinski definition) is 1. The summed E-state index contributed by atoms with van der Waals surface area (Å²) in [6.07, 6.45) is 5.59. The molecule has 1 amide bonds. The van der Waals surface area contributed by atoms with Gasteiger partial charge in [-0.05, 0) is 61.3 Å². The Morgan fingerprint density at radius 2 is 1.38 bits per heavy atom. The number of likely N-dealkylation sites (tertiary alicyclic amines) is 1. The van der Waals surface area contributed by atoms with E-state index in [1.807, 2.05) is 24.5 Å². The number of hydrogen-bond acceptors (Lipinski definition) is 5. The zero-order valence-corrected chi connectivity index (χ0v) is 16.9. The van der Waals surface area contributed by atoms with E-state index < -0.39 is 0 Å². The predicted octanol–water partition coefficient (Wildman–Crippen LogP) is 2.34. The zero-order valence-electron chi connectivity index (χ0n) is 16.9. The molecule has 6 nitrogen and oxygen atoms in total. The van der Waals surface area contributed by atoms with Crippen molar-refractivity contribution < 1.29 is 9.90 Å². The third kappa shape index (κ3) is 5.34. The van der Waals surface area contributed by atoms with Gasteiger partial charge in [0.2, 0.25) is 5.91 Å². The van der Waals surface area contributed by atoms with Gasteiger partial charge in [0.05, 0.1) is 0 Å². The van der Waals surface area contributed by atoms with Gasteiger partial charge in [-0.15, -0.1) is 0 Å². The fourth-order valence-corrected chi connectivity index (χ4v) is 4.33. The smallest absolute Gasteiger partial charge is 0.225 e. The Bertz CT molecular complexity index is 780. The van der Waals surface area contributed by atoms with Crippen LogP contribution in [0.15, 0.2) is 48.8 Å². The van der Waals surface area contributed by atoms with Gasteiger partial charge in [-0.3, -0.25) is 19.6 Å². The van der Waals surface area contributed by atoms with Crippen molar-refractivity contribution >= 4 is 5.91 Å². The monoisotopic (exact) mass is 394 g/mol. The Hall–Kier alpha value is -2.44. The van der Waals surface area contributed by atoms with E-state index in [2.05, 4.69) is 31.8 Å². The van der Waals surface area contributed by atoms with Gasteiger partial charge < -0.3 is 10.0 Å². The molecule has 1 N–H and O–H groups in total. The van der Waals surface area contributed by atoms with Crippen LogP contribution in [0.2, 0.25) is 0 Å². The summed E-state index contributed by atoms with van der Waals surface area (Å²) in [5, 5.41) is 9.41. The normalized spacial score (nSPS) is 19.4. The van der Waals surface area contributed by atoms with Gasteiger partial charge in [0.15, 0.2) is 0 Å². The number of aromatic hydroxyl groups is 1. The maximum absolute atomic E-state index is 13.0. The first-order chi connectivity index (χ1) is 14.2. The molecule has 0 atom stereocenters. The van der Waals surface area contributed by atoms with Crippen LogP contribution in [0.5, 0.6) is 5.75 Å². The third-order valence-electron chi connectivity index (χ3n) is 6.12. The van der Waals surface area contributed by atoms with Crippen LogP contribution in [0.3, 0.4) is 0 Å². The topological polar surface area (TPSA) is 59.9 Å². The molecule has 0 unspecified atom stereocenters. The Morgan fingerprint density at radius 1 is 0.828 bits per heavy atom. The van der Waals surface area contributed by atoms with Crippen molar-refractivity contribution in [3.05, 3.63) is 59.9 Å². The van der Waals surface area contributed by atoms with Gasteiger partial charge in [0.25, 0.3) is 0 Å². The zero-order chi connectivity index (χ0) is 20.1. The number of phenolic OH excluding ortho intramolecular Hbond substituents is 1. The number of rotatable bonds is 5. The quantitative estimate of drug-likeness (QED) is 0.844. The van der Waals surface area contributed by atoms with E-state index in [9.17, 15) is 9.90 Å². The Kier molecular flexibility index (Phi) is 6.42. The minimum atomic E-state index is 0.173. The van der Waals surface area contributed by atoms with Gasteiger partial charge in [-0.25, -0.2) is 0 Å².